The second kappa shape index (κ2) is 34.0. The highest BCUT2D eigenvalue weighted by Crippen LogP contribution is 2.46. The number of esters is 4. The minimum absolute atomic E-state index is 0.113. The lowest BCUT2D eigenvalue weighted by molar-refractivity contribution is -0.135. The smallest absolute Gasteiger partial charge is 0.338 e. The van der Waals surface area contributed by atoms with Gasteiger partial charge in [-0.1, -0.05) is 187 Å². The van der Waals surface area contributed by atoms with Crippen LogP contribution < -0.4 is 18.9 Å². The first-order chi connectivity index (χ1) is 42.1. The maximum Gasteiger partial charge on any atom is 0.338 e. The number of unbranched alkanes of at least 4 members (excludes halogenated alkanes) is 12. The van der Waals surface area contributed by atoms with Crippen LogP contribution in [0, 0.1) is 0 Å². The summed E-state index contributed by atoms with van der Waals surface area (Å²) in [5.74, 6) is 1.45. The van der Waals surface area contributed by atoms with Gasteiger partial charge in [0.2, 0.25) is 0 Å². The van der Waals surface area contributed by atoms with E-state index in [4.69, 9.17) is 28.4 Å². The Morgan fingerprint density at radius 1 is 0.360 bits per heavy atom. The van der Waals surface area contributed by atoms with Crippen molar-refractivity contribution in [1.82, 2.24) is 0 Å². The summed E-state index contributed by atoms with van der Waals surface area (Å²) in [7, 11) is 0. The molecule has 2 atom stereocenters. The molecular weight excluding hydrogens is 1070 g/mol. The Kier molecular flexibility index (Phi) is 25.2. The summed E-state index contributed by atoms with van der Waals surface area (Å²) >= 11 is 0. The van der Waals surface area contributed by atoms with E-state index in [-0.39, 0.29) is 36.1 Å². The molecule has 0 aromatic heterocycles. The Morgan fingerprint density at radius 2 is 0.709 bits per heavy atom. The average molecular weight is 1160 g/mol. The van der Waals surface area contributed by atoms with Gasteiger partial charge in [-0.3, -0.25) is 9.59 Å². The van der Waals surface area contributed by atoms with Crippen LogP contribution >= 0.6 is 0 Å². The number of hydrogen-bond donors (Lipinski definition) is 0. The van der Waals surface area contributed by atoms with Crippen molar-refractivity contribution in [3.63, 3.8) is 0 Å². The van der Waals surface area contributed by atoms with Crippen LogP contribution in [0.3, 0.4) is 0 Å². The van der Waals surface area contributed by atoms with Crippen molar-refractivity contribution < 1.29 is 47.6 Å². The number of carbonyl (C=O) groups excluding carboxylic acids is 4. The maximum absolute atomic E-state index is 12.9. The largest absolute Gasteiger partial charge is 0.493 e. The molecular formula is C76H86O10. The van der Waals surface area contributed by atoms with Gasteiger partial charge in [-0.15, -0.1) is 0 Å². The SMILES string of the molecule is CCCCCC[C@@H](C)OC(=O)c1ccc(-c2ccc(OC(=O)CCCCCCOc3ccc4ccccc4c3-c3c(OCCCCCCC(=O)Oc4ccc(-c5ccc(C(=O)O[C@H](C)CCCCCC)cc5)cc4)ccc4ccccc34)cc2)cc1. The molecule has 0 bridgehead atoms. The number of hydrogen-bond acceptors (Lipinski definition) is 10. The fourth-order valence-electron chi connectivity index (χ4n) is 10.8. The highest BCUT2D eigenvalue weighted by molar-refractivity contribution is 6.09. The fourth-order valence-corrected chi connectivity index (χ4v) is 10.8. The van der Waals surface area contributed by atoms with Crippen molar-refractivity contribution in [3.8, 4) is 56.4 Å². The number of ether oxygens (including phenoxy) is 6. The molecule has 0 N–H and O–H groups in total. The summed E-state index contributed by atoms with van der Waals surface area (Å²) in [6, 6.07) is 54.8. The Hall–Kier alpha value is -8.24. The number of fused-ring (bicyclic) bond motifs is 2. The summed E-state index contributed by atoms with van der Waals surface area (Å²) < 4.78 is 36.0. The van der Waals surface area contributed by atoms with Crippen LogP contribution in [-0.4, -0.2) is 49.3 Å². The van der Waals surface area contributed by atoms with Crippen molar-refractivity contribution in [3.05, 3.63) is 181 Å². The highest BCUT2D eigenvalue weighted by Gasteiger charge is 2.20. The maximum atomic E-state index is 12.9. The molecule has 0 aliphatic carbocycles. The van der Waals surface area contributed by atoms with Crippen LogP contribution in [0.4, 0.5) is 0 Å². The van der Waals surface area contributed by atoms with Crippen molar-refractivity contribution in [1.29, 1.82) is 0 Å². The van der Waals surface area contributed by atoms with E-state index in [1.807, 2.05) is 62.4 Å². The topological polar surface area (TPSA) is 124 Å². The van der Waals surface area contributed by atoms with Crippen molar-refractivity contribution >= 4 is 45.4 Å². The molecule has 8 aromatic carbocycles. The molecule has 86 heavy (non-hydrogen) atoms. The third kappa shape index (κ3) is 19.4. The van der Waals surface area contributed by atoms with Crippen molar-refractivity contribution in [2.24, 2.45) is 0 Å². The molecule has 450 valence electrons. The van der Waals surface area contributed by atoms with E-state index < -0.39 is 0 Å². The molecule has 0 spiro atoms. The van der Waals surface area contributed by atoms with E-state index in [1.54, 1.807) is 48.5 Å². The third-order valence-electron chi connectivity index (χ3n) is 15.7. The summed E-state index contributed by atoms with van der Waals surface area (Å²) in [5.41, 5.74) is 6.87. The normalized spacial score (nSPS) is 11.9. The van der Waals surface area contributed by atoms with Gasteiger partial charge in [-0.05, 0) is 170 Å². The van der Waals surface area contributed by atoms with Gasteiger partial charge >= 0.3 is 23.9 Å². The molecule has 8 rings (SSSR count). The predicted octanol–water partition coefficient (Wildman–Crippen LogP) is 19.9. The van der Waals surface area contributed by atoms with E-state index in [9.17, 15) is 19.2 Å². The molecule has 0 heterocycles. The first-order valence-corrected chi connectivity index (χ1v) is 31.6. The minimum atomic E-state index is -0.304. The Labute approximate surface area is 509 Å². The second-order valence-electron chi connectivity index (χ2n) is 22.6. The standard InChI is InChI=1S/C76H86O10/c1-5-7-9-15-25-55(3)83-75(79)63-37-33-57(34-38-63)59-41-47-65(48-42-59)85-71(77)31-17-11-13-23-53-81-69-51-45-61-27-19-21-29-67(61)73(69)74-68-30-22-20-28-62(68)46-52-70(74)82-54-24-14-12-18-32-72(78)86-66-49-43-60(44-50-66)58-35-39-64(40-36-58)76(80)84-56(4)26-16-10-8-6-2/h19-22,27-30,33-52,55-56H,5-18,23-26,31-32,53-54H2,1-4H3/t55-,56-/m1/s1. The van der Waals surface area contributed by atoms with Crippen LogP contribution in [0.2, 0.25) is 0 Å². The molecule has 0 fully saturated rings. The van der Waals surface area contributed by atoms with Crippen molar-refractivity contribution in [2.75, 3.05) is 13.2 Å². The fraction of sp³-hybridized carbons (Fsp3) is 0.368. The summed E-state index contributed by atoms with van der Waals surface area (Å²) in [6.07, 6.45) is 17.9. The van der Waals surface area contributed by atoms with Crippen molar-refractivity contribution in [2.45, 2.75) is 168 Å². The summed E-state index contributed by atoms with van der Waals surface area (Å²) in [4.78, 5) is 51.2. The van der Waals surface area contributed by atoms with Crippen LogP contribution in [0.15, 0.2) is 170 Å². The van der Waals surface area contributed by atoms with E-state index in [1.165, 1.54) is 25.7 Å². The average Bonchev–Trinajstić information content (AvgIpc) is 0.950. The lowest BCUT2D eigenvalue weighted by atomic mass is 9.92. The van der Waals surface area contributed by atoms with Gasteiger partial charge < -0.3 is 28.4 Å². The lowest BCUT2D eigenvalue weighted by Gasteiger charge is -2.20. The van der Waals surface area contributed by atoms with Gasteiger partial charge in [0.25, 0.3) is 0 Å². The Balaban J connectivity index is 0.759. The predicted molar refractivity (Wildman–Crippen MR) is 346 cm³/mol. The number of rotatable bonds is 35. The molecule has 0 saturated heterocycles. The van der Waals surface area contributed by atoms with Crippen LogP contribution in [0.25, 0.3) is 54.9 Å². The van der Waals surface area contributed by atoms with E-state index in [0.717, 1.165) is 143 Å². The molecule has 0 amide bonds. The highest BCUT2D eigenvalue weighted by atomic mass is 16.6. The van der Waals surface area contributed by atoms with E-state index in [2.05, 4.69) is 86.6 Å². The van der Waals surface area contributed by atoms with E-state index >= 15 is 0 Å². The zero-order valence-electron chi connectivity index (χ0n) is 51.0. The Morgan fingerprint density at radius 3 is 1.09 bits per heavy atom. The van der Waals surface area contributed by atoms with Crippen LogP contribution in [0.1, 0.15) is 177 Å². The monoisotopic (exact) mass is 1160 g/mol. The number of benzene rings is 8. The zero-order chi connectivity index (χ0) is 60.3. The Bertz CT molecular complexity index is 3170. The number of carbonyl (C=O) groups is 4. The molecule has 8 aromatic rings. The molecule has 10 nitrogen and oxygen atoms in total. The molecule has 10 heteroatoms. The quantitative estimate of drug-likeness (QED) is 0.0215. The van der Waals surface area contributed by atoms with Crippen LogP contribution in [-0.2, 0) is 19.1 Å². The van der Waals surface area contributed by atoms with Gasteiger partial charge in [0.1, 0.15) is 23.0 Å². The lowest BCUT2D eigenvalue weighted by Crippen LogP contribution is -2.15. The van der Waals surface area contributed by atoms with E-state index in [0.29, 0.717) is 61.5 Å². The second-order valence-corrected chi connectivity index (χ2v) is 22.6. The molecule has 0 unspecified atom stereocenters. The first kappa shape index (κ1) is 63.8. The van der Waals surface area contributed by atoms with Crippen LogP contribution in [0.5, 0.6) is 23.0 Å². The zero-order valence-corrected chi connectivity index (χ0v) is 51.0. The molecule has 0 aliphatic rings. The summed E-state index contributed by atoms with van der Waals surface area (Å²) in [6.45, 7) is 9.31. The molecule has 0 saturated carbocycles. The minimum Gasteiger partial charge on any atom is -0.493 e. The summed E-state index contributed by atoms with van der Waals surface area (Å²) in [5, 5.41) is 4.37. The first-order valence-electron chi connectivity index (χ1n) is 31.6. The van der Waals surface area contributed by atoms with Gasteiger partial charge in [0, 0.05) is 24.0 Å². The van der Waals surface area contributed by atoms with Gasteiger partial charge in [-0.2, -0.15) is 0 Å². The molecule has 0 aliphatic heterocycles. The van der Waals surface area contributed by atoms with Gasteiger partial charge in [0.05, 0.1) is 36.5 Å². The van der Waals surface area contributed by atoms with Gasteiger partial charge in [-0.25, -0.2) is 9.59 Å². The molecule has 0 radical (unpaired) electrons. The van der Waals surface area contributed by atoms with Gasteiger partial charge in [0.15, 0.2) is 0 Å². The third-order valence-corrected chi connectivity index (χ3v) is 15.7.